The van der Waals surface area contributed by atoms with Crippen LogP contribution in [0.15, 0.2) is 28.1 Å². The van der Waals surface area contributed by atoms with Gasteiger partial charge in [-0.15, -0.1) is 11.3 Å². The van der Waals surface area contributed by atoms with Crippen LogP contribution in [0.2, 0.25) is 0 Å². The lowest BCUT2D eigenvalue weighted by atomic mass is 10.1. The van der Waals surface area contributed by atoms with Crippen LogP contribution >= 0.6 is 27.3 Å². The van der Waals surface area contributed by atoms with Gasteiger partial charge in [0.25, 0.3) is 0 Å². The number of hydrogen-bond donors (Lipinski definition) is 0. The van der Waals surface area contributed by atoms with Crippen molar-refractivity contribution in [2.75, 3.05) is 0 Å². The van der Waals surface area contributed by atoms with Crippen LogP contribution in [-0.2, 0) is 11.2 Å². The van der Waals surface area contributed by atoms with E-state index in [1.54, 1.807) is 18.3 Å². The molecule has 1 heterocycles. The molecule has 1 aromatic heterocycles. The molecule has 0 aromatic carbocycles. The van der Waals surface area contributed by atoms with Gasteiger partial charge in [0.15, 0.2) is 5.78 Å². The third-order valence-corrected chi connectivity index (χ3v) is 3.06. The van der Waals surface area contributed by atoms with Crippen LogP contribution in [0, 0.1) is 0 Å². The predicted octanol–water partition coefficient (Wildman–Crippen LogP) is 3.20. The number of carbonyl (C=O) groups is 1. The molecule has 0 aliphatic carbocycles. The first-order valence-electron chi connectivity index (χ1n) is 3.52. The molecule has 0 radical (unpaired) electrons. The van der Waals surface area contributed by atoms with Crippen LogP contribution in [0.5, 0.6) is 0 Å². The van der Waals surface area contributed by atoms with Crippen LogP contribution in [0.4, 0.5) is 0 Å². The fourth-order valence-corrected chi connectivity index (χ4v) is 2.24. The van der Waals surface area contributed by atoms with E-state index in [0.29, 0.717) is 12.0 Å². The summed E-state index contributed by atoms with van der Waals surface area (Å²) >= 11 is 4.93. The minimum Gasteiger partial charge on any atom is -0.294 e. The summed E-state index contributed by atoms with van der Waals surface area (Å²) in [6.45, 7) is 5.34. The molecule has 64 valence electrons. The van der Waals surface area contributed by atoms with Crippen molar-refractivity contribution in [3.8, 4) is 0 Å². The molecule has 0 aliphatic rings. The van der Waals surface area contributed by atoms with E-state index in [9.17, 15) is 4.79 Å². The Hall–Kier alpha value is -0.410. The van der Waals surface area contributed by atoms with Gasteiger partial charge in [-0.25, -0.2) is 0 Å². The third-order valence-electron chi connectivity index (χ3n) is 1.44. The molecular weight excluding hydrogens is 236 g/mol. The summed E-state index contributed by atoms with van der Waals surface area (Å²) in [7, 11) is 0. The second-order valence-electron chi connectivity index (χ2n) is 2.59. The average molecular weight is 245 g/mol. The first-order valence-corrected chi connectivity index (χ1v) is 5.13. The summed E-state index contributed by atoms with van der Waals surface area (Å²) in [5.74, 6) is 0.115. The monoisotopic (exact) mass is 244 g/mol. The normalized spacial score (nSPS) is 9.83. The maximum absolute atomic E-state index is 11.2. The van der Waals surface area contributed by atoms with Crippen molar-refractivity contribution in [2.45, 2.75) is 13.3 Å². The van der Waals surface area contributed by atoms with Gasteiger partial charge in [-0.05, 0) is 40.6 Å². The van der Waals surface area contributed by atoms with E-state index in [4.69, 9.17) is 0 Å². The van der Waals surface area contributed by atoms with E-state index in [-0.39, 0.29) is 5.78 Å². The lowest BCUT2D eigenvalue weighted by Crippen LogP contribution is -2.00. The number of Topliss-reactive ketones (excluding diaryl/α,β-unsaturated/α-hetero) is 1. The smallest absolute Gasteiger partial charge is 0.163 e. The predicted molar refractivity (Wildman–Crippen MR) is 55.5 cm³/mol. The first-order chi connectivity index (χ1) is 5.59. The highest BCUT2D eigenvalue weighted by Crippen LogP contribution is 2.22. The lowest BCUT2D eigenvalue weighted by Gasteiger charge is -1.94. The van der Waals surface area contributed by atoms with Crippen LogP contribution in [0.25, 0.3) is 0 Å². The van der Waals surface area contributed by atoms with E-state index in [0.717, 1.165) is 8.66 Å². The molecule has 3 heteroatoms. The molecule has 0 fully saturated rings. The molecule has 0 N–H and O–H groups in total. The maximum Gasteiger partial charge on any atom is 0.163 e. The zero-order valence-electron chi connectivity index (χ0n) is 6.76. The molecule has 0 saturated heterocycles. The van der Waals surface area contributed by atoms with Gasteiger partial charge in [0.05, 0.1) is 3.79 Å². The molecule has 0 bridgehead atoms. The minimum atomic E-state index is 0.115. The summed E-state index contributed by atoms with van der Waals surface area (Å²) in [6, 6.07) is 3.90. The van der Waals surface area contributed by atoms with Gasteiger partial charge in [0.1, 0.15) is 0 Å². The van der Waals surface area contributed by atoms with Crippen LogP contribution in [0.1, 0.15) is 11.8 Å². The largest absolute Gasteiger partial charge is 0.294 e. The molecule has 1 aromatic rings. The van der Waals surface area contributed by atoms with E-state index in [2.05, 4.69) is 22.5 Å². The van der Waals surface area contributed by atoms with Crippen molar-refractivity contribution in [1.29, 1.82) is 0 Å². The van der Waals surface area contributed by atoms with Crippen molar-refractivity contribution in [3.05, 3.63) is 32.9 Å². The number of hydrogen-bond acceptors (Lipinski definition) is 2. The van der Waals surface area contributed by atoms with Gasteiger partial charge >= 0.3 is 0 Å². The molecule has 12 heavy (non-hydrogen) atoms. The molecule has 0 unspecified atom stereocenters. The van der Waals surface area contributed by atoms with E-state index in [1.807, 2.05) is 12.1 Å². The number of ketones is 1. The molecule has 0 aliphatic heterocycles. The van der Waals surface area contributed by atoms with E-state index in [1.165, 1.54) is 0 Å². The Morgan fingerprint density at radius 3 is 2.75 bits per heavy atom. The Bertz CT molecular complexity index is 314. The SMILES string of the molecule is C=C(C)C(=O)Cc1ccc(Br)s1. The van der Waals surface area contributed by atoms with Crippen molar-refractivity contribution in [2.24, 2.45) is 0 Å². The van der Waals surface area contributed by atoms with Gasteiger partial charge in [-0.2, -0.15) is 0 Å². The zero-order chi connectivity index (χ0) is 9.14. The third kappa shape index (κ3) is 2.57. The second kappa shape index (κ2) is 4.01. The van der Waals surface area contributed by atoms with Crippen molar-refractivity contribution < 1.29 is 4.79 Å². The second-order valence-corrected chi connectivity index (χ2v) is 5.13. The topological polar surface area (TPSA) is 17.1 Å². The number of thiophene rings is 1. The molecule has 0 saturated carbocycles. The van der Waals surface area contributed by atoms with E-state index < -0.39 is 0 Å². The highest BCUT2D eigenvalue weighted by molar-refractivity contribution is 9.11. The standard InChI is InChI=1S/C9H9BrOS/c1-6(2)8(11)5-7-3-4-9(10)12-7/h3-4H,1,5H2,2H3. The summed E-state index contributed by atoms with van der Waals surface area (Å²) in [5.41, 5.74) is 0.625. The van der Waals surface area contributed by atoms with Crippen LogP contribution in [-0.4, -0.2) is 5.78 Å². The molecule has 0 spiro atoms. The Balaban J connectivity index is 2.64. The maximum atomic E-state index is 11.2. The van der Waals surface area contributed by atoms with Gasteiger partial charge < -0.3 is 0 Å². The highest BCUT2D eigenvalue weighted by atomic mass is 79.9. The Kier molecular flexibility index (Phi) is 3.23. The number of carbonyl (C=O) groups excluding carboxylic acids is 1. The summed E-state index contributed by atoms with van der Waals surface area (Å²) in [5, 5.41) is 0. The van der Waals surface area contributed by atoms with Crippen molar-refractivity contribution in [1.82, 2.24) is 0 Å². The highest BCUT2D eigenvalue weighted by Gasteiger charge is 2.05. The number of halogens is 1. The van der Waals surface area contributed by atoms with Crippen molar-refractivity contribution in [3.63, 3.8) is 0 Å². The van der Waals surface area contributed by atoms with Crippen LogP contribution in [0.3, 0.4) is 0 Å². The van der Waals surface area contributed by atoms with Crippen molar-refractivity contribution >= 4 is 33.0 Å². The summed E-state index contributed by atoms with van der Waals surface area (Å²) in [6.07, 6.45) is 0.478. The fraction of sp³-hybridized carbons (Fsp3) is 0.222. The van der Waals surface area contributed by atoms with Crippen LogP contribution < -0.4 is 0 Å². The summed E-state index contributed by atoms with van der Waals surface area (Å²) < 4.78 is 1.06. The van der Waals surface area contributed by atoms with E-state index >= 15 is 0 Å². The molecule has 0 atom stereocenters. The number of rotatable bonds is 3. The zero-order valence-corrected chi connectivity index (χ0v) is 9.17. The van der Waals surface area contributed by atoms with Gasteiger partial charge in [0.2, 0.25) is 0 Å². The van der Waals surface area contributed by atoms with Gasteiger partial charge in [-0.3, -0.25) is 4.79 Å². The Morgan fingerprint density at radius 1 is 1.67 bits per heavy atom. The Morgan fingerprint density at radius 2 is 2.33 bits per heavy atom. The fourth-order valence-electron chi connectivity index (χ4n) is 0.756. The quantitative estimate of drug-likeness (QED) is 0.747. The average Bonchev–Trinajstić information content (AvgIpc) is 2.35. The summed E-state index contributed by atoms with van der Waals surface area (Å²) in [4.78, 5) is 12.3. The minimum absolute atomic E-state index is 0.115. The first kappa shape index (κ1) is 9.68. The van der Waals surface area contributed by atoms with Gasteiger partial charge in [0, 0.05) is 11.3 Å². The van der Waals surface area contributed by atoms with Gasteiger partial charge in [-0.1, -0.05) is 6.58 Å². The lowest BCUT2D eigenvalue weighted by molar-refractivity contribution is -0.114. The molecule has 1 rings (SSSR count). The number of allylic oxidation sites excluding steroid dienone is 1. The molecular formula is C9H9BrOS. The Labute approximate surface area is 84.2 Å². The molecule has 0 amide bonds. The molecule has 1 nitrogen and oxygen atoms in total.